The van der Waals surface area contributed by atoms with Crippen LogP contribution in [-0.2, 0) is 7.05 Å². The summed E-state index contributed by atoms with van der Waals surface area (Å²) in [5, 5.41) is 19.0. The van der Waals surface area contributed by atoms with Crippen LogP contribution in [0.2, 0.25) is 0 Å². The van der Waals surface area contributed by atoms with Crippen molar-refractivity contribution >= 4 is 28.2 Å². The van der Waals surface area contributed by atoms with Crippen molar-refractivity contribution in [3.8, 4) is 17.3 Å². The van der Waals surface area contributed by atoms with Crippen molar-refractivity contribution in [2.24, 2.45) is 7.05 Å². The summed E-state index contributed by atoms with van der Waals surface area (Å²) in [4.78, 5) is 24.7. The number of amides is 1. The Morgan fingerprint density at radius 3 is 2.54 bits per heavy atom. The summed E-state index contributed by atoms with van der Waals surface area (Å²) >= 11 is 1.51. The van der Waals surface area contributed by atoms with Crippen LogP contribution in [0, 0.1) is 6.92 Å². The standard InChI is InChI=1S/C28H30N8O2S/c1-16-11-24(35(2)34-16)23-15-39-28(30-23)31-25-9-5-18(14-29-25)27(37)36-19-6-7-20(36)13-21(12-19)38-26-10-8-22(32-33-26)17-3-4-17/h5,8-11,14-15,17,19-21H,3-4,6-7,12-13H2,1-2H3,(H,29,30,31)/t19-,20+,21?. The predicted molar refractivity (Wildman–Crippen MR) is 147 cm³/mol. The van der Waals surface area contributed by atoms with Gasteiger partial charge in [-0.15, -0.1) is 16.4 Å². The normalized spacial score (nSPS) is 22.2. The highest BCUT2D eigenvalue weighted by atomic mass is 32.1. The van der Waals surface area contributed by atoms with Crippen LogP contribution in [0.3, 0.4) is 0 Å². The topological polar surface area (TPSA) is 111 Å². The monoisotopic (exact) mass is 542 g/mol. The summed E-state index contributed by atoms with van der Waals surface area (Å²) < 4.78 is 8.02. The Kier molecular flexibility index (Phi) is 6.03. The van der Waals surface area contributed by atoms with Crippen LogP contribution in [0.5, 0.6) is 5.88 Å². The quantitative estimate of drug-likeness (QED) is 0.352. The van der Waals surface area contributed by atoms with Crippen molar-refractivity contribution in [3.63, 3.8) is 0 Å². The molecule has 1 N–H and O–H groups in total. The third kappa shape index (κ3) is 4.87. The van der Waals surface area contributed by atoms with Gasteiger partial charge in [0.1, 0.15) is 17.6 Å². The smallest absolute Gasteiger partial charge is 0.255 e. The van der Waals surface area contributed by atoms with Gasteiger partial charge < -0.3 is 15.0 Å². The van der Waals surface area contributed by atoms with E-state index in [0.717, 1.165) is 53.6 Å². The number of nitrogens with one attached hydrogen (secondary N) is 1. The molecule has 4 aromatic heterocycles. The van der Waals surface area contributed by atoms with E-state index in [4.69, 9.17) is 4.74 Å². The SMILES string of the molecule is Cc1cc(-c2csc(Nc3ccc(C(=O)N4[C@@H]5CC[C@H]4CC(Oc4ccc(C6CC6)nn4)C5)cn3)n2)n(C)n1. The number of hydrogen-bond acceptors (Lipinski definition) is 9. The van der Waals surface area contributed by atoms with Gasteiger partial charge in [0.05, 0.1) is 22.6 Å². The van der Waals surface area contributed by atoms with Crippen LogP contribution in [0.15, 0.2) is 41.9 Å². The van der Waals surface area contributed by atoms with Gasteiger partial charge in [0.25, 0.3) is 5.91 Å². The van der Waals surface area contributed by atoms with E-state index >= 15 is 0 Å². The molecule has 2 bridgehead atoms. The van der Waals surface area contributed by atoms with Gasteiger partial charge in [0.2, 0.25) is 5.88 Å². The molecule has 200 valence electrons. The summed E-state index contributed by atoms with van der Waals surface area (Å²) in [7, 11) is 1.91. The first-order chi connectivity index (χ1) is 19.0. The Balaban J connectivity index is 0.976. The van der Waals surface area contributed by atoms with Crippen LogP contribution >= 0.6 is 11.3 Å². The lowest BCUT2D eigenvalue weighted by Gasteiger charge is -2.38. The van der Waals surface area contributed by atoms with Gasteiger partial charge in [0, 0.05) is 55.5 Å². The molecule has 4 aromatic rings. The minimum Gasteiger partial charge on any atom is -0.473 e. The Bertz CT molecular complexity index is 1480. The highest BCUT2D eigenvalue weighted by Gasteiger charge is 2.44. The highest BCUT2D eigenvalue weighted by Crippen LogP contribution is 2.40. The maximum absolute atomic E-state index is 13.5. The number of rotatable bonds is 7. The molecule has 2 aliphatic heterocycles. The van der Waals surface area contributed by atoms with Gasteiger partial charge in [-0.1, -0.05) is 0 Å². The molecule has 1 saturated carbocycles. The molecule has 1 amide bonds. The van der Waals surface area contributed by atoms with Crippen LogP contribution in [0.1, 0.15) is 66.2 Å². The second kappa shape index (κ2) is 9.71. The fourth-order valence-corrected chi connectivity index (χ4v) is 6.58. The molecule has 0 aromatic carbocycles. The Morgan fingerprint density at radius 1 is 1.08 bits per heavy atom. The van der Waals surface area contributed by atoms with Gasteiger partial charge in [-0.3, -0.25) is 9.48 Å². The molecule has 3 fully saturated rings. The second-order valence-electron chi connectivity index (χ2n) is 10.8. The van der Waals surface area contributed by atoms with E-state index in [1.54, 1.807) is 6.20 Å². The van der Waals surface area contributed by atoms with Crippen LogP contribution < -0.4 is 10.1 Å². The molecule has 10 nitrogen and oxygen atoms in total. The third-order valence-electron chi connectivity index (χ3n) is 7.88. The lowest BCUT2D eigenvalue weighted by molar-refractivity contribution is 0.0345. The zero-order valence-corrected chi connectivity index (χ0v) is 22.8. The first-order valence-corrected chi connectivity index (χ1v) is 14.4. The number of aryl methyl sites for hydroxylation is 2. The van der Waals surface area contributed by atoms with Gasteiger partial charge in [-0.25, -0.2) is 9.97 Å². The minimum absolute atomic E-state index is 0.0386. The van der Waals surface area contributed by atoms with Crippen molar-refractivity contribution in [3.05, 3.63) is 58.9 Å². The first-order valence-electron chi connectivity index (χ1n) is 13.5. The van der Waals surface area contributed by atoms with Crippen molar-refractivity contribution in [2.75, 3.05) is 5.32 Å². The number of fused-ring (bicyclic) bond motifs is 2. The molecule has 7 rings (SSSR count). The number of thiazole rings is 1. The molecule has 3 aliphatic rings. The van der Waals surface area contributed by atoms with E-state index in [1.807, 2.05) is 54.4 Å². The van der Waals surface area contributed by atoms with E-state index in [0.29, 0.717) is 23.2 Å². The zero-order valence-electron chi connectivity index (χ0n) is 21.9. The maximum Gasteiger partial charge on any atom is 0.255 e. The summed E-state index contributed by atoms with van der Waals surface area (Å²) in [5.74, 6) is 1.85. The first kappa shape index (κ1) is 24.2. The molecule has 2 saturated heterocycles. The van der Waals surface area contributed by atoms with E-state index < -0.39 is 0 Å². The summed E-state index contributed by atoms with van der Waals surface area (Å²) in [6.07, 6.45) is 7.74. The molecular weight excluding hydrogens is 512 g/mol. The number of pyridine rings is 1. The van der Waals surface area contributed by atoms with E-state index in [1.165, 1.54) is 24.2 Å². The molecule has 6 heterocycles. The van der Waals surface area contributed by atoms with Gasteiger partial charge in [0.15, 0.2) is 5.13 Å². The number of carbonyl (C=O) groups is 1. The largest absolute Gasteiger partial charge is 0.473 e. The fourth-order valence-electron chi connectivity index (χ4n) is 5.87. The van der Waals surface area contributed by atoms with Gasteiger partial charge in [-0.2, -0.15) is 10.2 Å². The molecule has 0 spiro atoms. The number of hydrogen-bond donors (Lipinski definition) is 1. The average molecular weight is 543 g/mol. The Hall–Kier alpha value is -3.86. The third-order valence-corrected chi connectivity index (χ3v) is 8.64. The van der Waals surface area contributed by atoms with E-state index in [2.05, 4.69) is 35.5 Å². The molecule has 1 aliphatic carbocycles. The Labute approximate surface area is 230 Å². The highest BCUT2D eigenvalue weighted by molar-refractivity contribution is 7.14. The van der Waals surface area contributed by atoms with Gasteiger partial charge in [-0.05, 0) is 56.9 Å². The van der Waals surface area contributed by atoms with E-state index in [9.17, 15) is 4.79 Å². The Morgan fingerprint density at radius 2 is 1.90 bits per heavy atom. The van der Waals surface area contributed by atoms with Crippen LogP contribution in [-0.4, -0.2) is 58.9 Å². The van der Waals surface area contributed by atoms with Crippen molar-refractivity contribution in [1.29, 1.82) is 0 Å². The second-order valence-corrected chi connectivity index (χ2v) is 11.6. The number of piperidine rings is 1. The number of aromatic nitrogens is 6. The van der Waals surface area contributed by atoms with Crippen LogP contribution in [0.25, 0.3) is 11.4 Å². The van der Waals surface area contributed by atoms with Crippen LogP contribution in [0.4, 0.5) is 10.9 Å². The van der Waals surface area contributed by atoms with Gasteiger partial charge >= 0.3 is 0 Å². The lowest BCUT2D eigenvalue weighted by Crippen LogP contribution is -2.49. The summed E-state index contributed by atoms with van der Waals surface area (Å²) in [6.45, 7) is 1.97. The van der Waals surface area contributed by atoms with Crippen molar-refractivity contribution < 1.29 is 9.53 Å². The summed E-state index contributed by atoms with van der Waals surface area (Å²) in [5.41, 5.74) is 4.45. The average Bonchev–Trinajstić information content (AvgIpc) is 3.51. The zero-order chi connectivity index (χ0) is 26.5. The predicted octanol–water partition coefficient (Wildman–Crippen LogP) is 4.87. The molecular formula is C28H30N8O2S. The van der Waals surface area contributed by atoms with Crippen molar-refractivity contribution in [2.45, 2.75) is 69.6 Å². The molecule has 11 heteroatoms. The number of nitrogens with zero attached hydrogens (tertiary/aromatic N) is 7. The lowest BCUT2D eigenvalue weighted by atomic mass is 9.98. The molecule has 1 unspecified atom stereocenters. The number of ether oxygens (including phenoxy) is 1. The maximum atomic E-state index is 13.5. The molecule has 3 atom stereocenters. The fraction of sp³-hybridized carbons (Fsp3) is 0.429. The number of anilines is 2. The molecule has 39 heavy (non-hydrogen) atoms. The number of carbonyl (C=O) groups excluding carboxylic acids is 1. The summed E-state index contributed by atoms with van der Waals surface area (Å²) in [6, 6.07) is 10.0. The van der Waals surface area contributed by atoms with E-state index in [-0.39, 0.29) is 24.1 Å². The molecule has 0 radical (unpaired) electrons. The van der Waals surface area contributed by atoms with Crippen molar-refractivity contribution in [1.82, 2.24) is 34.8 Å². The minimum atomic E-state index is 0.0386.